The van der Waals surface area contributed by atoms with Crippen LogP contribution in [0.1, 0.15) is 6.92 Å². The number of rotatable bonds is 4. The molecule has 3 rings (SSSR count). The van der Waals surface area contributed by atoms with Gasteiger partial charge in [0.05, 0.1) is 4.47 Å². The minimum absolute atomic E-state index is 0.164. The van der Waals surface area contributed by atoms with Gasteiger partial charge < -0.3 is 18.9 Å². The highest BCUT2D eigenvalue weighted by molar-refractivity contribution is 9.10. The maximum atomic E-state index is 12.1. The topological polar surface area (TPSA) is 54.0 Å². The molecular weight excluding hydrogens is 388 g/mol. The van der Waals surface area contributed by atoms with Crippen molar-refractivity contribution in [1.29, 1.82) is 0 Å². The van der Waals surface area contributed by atoms with Gasteiger partial charge in [-0.25, -0.2) is 4.79 Å². The zero-order valence-corrected chi connectivity index (χ0v) is 14.4. The molecule has 0 bridgehead atoms. The Balaban J connectivity index is 1.65. The predicted octanol–water partition coefficient (Wildman–Crippen LogP) is 4.20. The lowest BCUT2D eigenvalue weighted by Gasteiger charge is -2.15. The van der Waals surface area contributed by atoms with E-state index < -0.39 is 12.1 Å². The average molecular weight is 400 g/mol. The Labute approximate surface area is 146 Å². The lowest BCUT2D eigenvalue weighted by molar-refractivity contribution is -0.141. The fourth-order valence-electron chi connectivity index (χ4n) is 1.95. The Morgan fingerprint density at radius 2 is 2.00 bits per heavy atom. The number of carbonyl (C=O) groups is 1. The molecule has 2 aromatic rings. The van der Waals surface area contributed by atoms with Gasteiger partial charge in [0.1, 0.15) is 11.5 Å². The average Bonchev–Trinajstić information content (AvgIpc) is 2.97. The summed E-state index contributed by atoms with van der Waals surface area (Å²) in [5.41, 5.74) is 0. The van der Waals surface area contributed by atoms with Gasteiger partial charge in [-0.1, -0.05) is 11.6 Å². The fraction of sp³-hybridized carbons (Fsp3) is 0.188. The van der Waals surface area contributed by atoms with Crippen LogP contribution in [0.25, 0.3) is 0 Å². The minimum Gasteiger partial charge on any atom is -0.478 e. The Morgan fingerprint density at radius 1 is 1.22 bits per heavy atom. The van der Waals surface area contributed by atoms with Crippen LogP contribution in [-0.4, -0.2) is 18.9 Å². The molecule has 0 saturated heterocycles. The summed E-state index contributed by atoms with van der Waals surface area (Å²) in [6.45, 7) is 1.77. The van der Waals surface area contributed by atoms with E-state index in [9.17, 15) is 4.79 Å². The van der Waals surface area contributed by atoms with Crippen LogP contribution < -0.4 is 18.9 Å². The van der Waals surface area contributed by atoms with Gasteiger partial charge in [0.25, 0.3) is 0 Å². The second-order valence-electron chi connectivity index (χ2n) is 4.77. The van der Waals surface area contributed by atoms with E-state index in [-0.39, 0.29) is 6.79 Å². The molecule has 1 unspecified atom stereocenters. The summed E-state index contributed by atoms with van der Waals surface area (Å²) in [6.07, 6.45) is -0.794. The lowest BCUT2D eigenvalue weighted by atomic mass is 10.3. The van der Waals surface area contributed by atoms with Crippen LogP contribution in [0.4, 0.5) is 0 Å². The fourth-order valence-corrected chi connectivity index (χ4v) is 2.72. The van der Waals surface area contributed by atoms with Crippen molar-refractivity contribution in [2.24, 2.45) is 0 Å². The molecule has 23 heavy (non-hydrogen) atoms. The number of esters is 1. The Hall–Kier alpha value is -1.92. The molecule has 7 heteroatoms. The molecule has 0 spiro atoms. The molecule has 0 radical (unpaired) electrons. The van der Waals surface area contributed by atoms with Crippen LogP contribution in [0.2, 0.25) is 5.02 Å². The second-order valence-corrected chi connectivity index (χ2v) is 6.06. The van der Waals surface area contributed by atoms with Gasteiger partial charge >= 0.3 is 5.97 Å². The standard InChI is InChI=1S/C16H12BrClO5/c1-9(22-13-4-2-10(18)6-12(13)17)16(19)23-11-3-5-14-15(7-11)21-8-20-14/h2-7,9H,8H2,1H3. The number of benzene rings is 2. The summed E-state index contributed by atoms with van der Waals surface area (Å²) < 4.78 is 22.0. The number of hydrogen-bond donors (Lipinski definition) is 0. The number of ether oxygens (including phenoxy) is 4. The SMILES string of the molecule is CC(Oc1ccc(Cl)cc1Br)C(=O)Oc1ccc2c(c1)OCO2. The van der Waals surface area contributed by atoms with Crippen molar-refractivity contribution in [2.45, 2.75) is 13.0 Å². The normalized spacial score (nSPS) is 13.5. The summed E-state index contributed by atoms with van der Waals surface area (Å²) in [7, 11) is 0. The van der Waals surface area contributed by atoms with Crippen molar-refractivity contribution < 1.29 is 23.7 Å². The molecular formula is C16H12BrClO5. The Morgan fingerprint density at radius 3 is 2.78 bits per heavy atom. The molecule has 1 heterocycles. The van der Waals surface area contributed by atoms with E-state index in [4.69, 9.17) is 30.5 Å². The van der Waals surface area contributed by atoms with Crippen molar-refractivity contribution in [3.63, 3.8) is 0 Å². The van der Waals surface area contributed by atoms with Gasteiger partial charge in [0, 0.05) is 11.1 Å². The third-order valence-electron chi connectivity index (χ3n) is 3.09. The monoisotopic (exact) mass is 398 g/mol. The van der Waals surface area contributed by atoms with Gasteiger partial charge in [-0.3, -0.25) is 0 Å². The van der Waals surface area contributed by atoms with Crippen LogP contribution in [0, 0.1) is 0 Å². The molecule has 0 aromatic heterocycles. The summed E-state index contributed by atoms with van der Waals surface area (Å²) in [5.74, 6) is 1.52. The quantitative estimate of drug-likeness (QED) is 0.569. The van der Waals surface area contributed by atoms with Crippen molar-refractivity contribution in [3.8, 4) is 23.0 Å². The van der Waals surface area contributed by atoms with Crippen LogP contribution in [0.15, 0.2) is 40.9 Å². The smallest absolute Gasteiger partial charge is 0.352 e. The van der Waals surface area contributed by atoms with E-state index in [1.807, 2.05) is 0 Å². The first kappa shape index (κ1) is 16.0. The summed E-state index contributed by atoms with van der Waals surface area (Å²) in [5, 5.41) is 0.569. The van der Waals surface area contributed by atoms with Gasteiger partial charge in [-0.2, -0.15) is 0 Å². The highest BCUT2D eigenvalue weighted by Gasteiger charge is 2.20. The molecule has 1 aliphatic rings. The maximum Gasteiger partial charge on any atom is 0.352 e. The second kappa shape index (κ2) is 6.68. The van der Waals surface area contributed by atoms with Gasteiger partial charge in [0.15, 0.2) is 17.6 Å². The molecule has 0 N–H and O–H groups in total. The first-order valence-electron chi connectivity index (χ1n) is 6.76. The molecule has 0 fully saturated rings. The summed E-state index contributed by atoms with van der Waals surface area (Å²) in [4.78, 5) is 12.1. The third kappa shape index (κ3) is 3.71. The van der Waals surface area contributed by atoms with E-state index in [1.165, 1.54) is 0 Å². The number of fused-ring (bicyclic) bond motifs is 1. The first-order chi connectivity index (χ1) is 11.0. The van der Waals surface area contributed by atoms with Crippen molar-refractivity contribution in [3.05, 3.63) is 45.9 Å². The highest BCUT2D eigenvalue weighted by atomic mass is 79.9. The highest BCUT2D eigenvalue weighted by Crippen LogP contribution is 2.35. The van der Waals surface area contributed by atoms with E-state index in [0.29, 0.717) is 32.5 Å². The van der Waals surface area contributed by atoms with E-state index in [1.54, 1.807) is 43.3 Å². The molecule has 5 nitrogen and oxygen atoms in total. The van der Waals surface area contributed by atoms with Gasteiger partial charge in [-0.15, -0.1) is 0 Å². The minimum atomic E-state index is -0.794. The lowest BCUT2D eigenvalue weighted by Crippen LogP contribution is -2.28. The molecule has 0 aliphatic carbocycles. The predicted molar refractivity (Wildman–Crippen MR) is 87.4 cm³/mol. The maximum absolute atomic E-state index is 12.1. The molecule has 0 saturated carbocycles. The summed E-state index contributed by atoms with van der Waals surface area (Å²) in [6, 6.07) is 9.97. The van der Waals surface area contributed by atoms with Crippen LogP contribution in [0.5, 0.6) is 23.0 Å². The number of halogens is 2. The molecule has 2 aromatic carbocycles. The Bertz CT molecular complexity index is 749. The van der Waals surface area contributed by atoms with Crippen molar-refractivity contribution >= 4 is 33.5 Å². The van der Waals surface area contributed by atoms with Crippen LogP contribution in [-0.2, 0) is 4.79 Å². The van der Waals surface area contributed by atoms with Crippen LogP contribution in [0.3, 0.4) is 0 Å². The van der Waals surface area contributed by atoms with Crippen LogP contribution >= 0.6 is 27.5 Å². The Kier molecular flexibility index (Phi) is 4.63. The van der Waals surface area contributed by atoms with Crippen molar-refractivity contribution in [1.82, 2.24) is 0 Å². The molecule has 1 atom stereocenters. The van der Waals surface area contributed by atoms with E-state index in [0.717, 1.165) is 0 Å². The van der Waals surface area contributed by atoms with Gasteiger partial charge in [-0.05, 0) is 53.2 Å². The van der Waals surface area contributed by atoms with E-state index >= 15 is 0 Å². The zero-order chi connectivity index (χ0) is 16.4. The van der Waals surface area contributed by atoms with Gasteiger partial charge in [0.2, 0.25) is 6.79 Å². The molecule has 120 valence electrons. The zero-order valence-electron chi connectivity index (χ0n) is 12.0. The third-order valence-corrected chi connectivity index (χ3v) is 3.95. The number of carbonyl (C=O) groups excluding carboxylic acids is 1. The molecule has 1 aliphatic heterocycles. The first-order valence-corrected chi connectivity index (χ1v) is 7.93. The number of hydrogen-bond acceptors (Lipinski definition) is 5. The summed E-state index contributed by atoms with van der Waals surface area (Å²) >= 11 is 9.20. The largest absolute Gasteiger partial charge is 0.478 e. The van der Waals surface area contributed by atoms with E-state index in [2.05, 4.69) is 15.9 Å². The van der Waals surface area contributed by atoms with Crippen molar-refractivity contribution in [2.75, 3.05) is 6.79 Å². The molecule has 0 amide bonds.